The maximum absolute atomic E-state index is 10.6. The zero-order valence-corrected chi connectivity index (χ0v) is 8.33. The molecule has 2 heterocycles. The van der Waals surface area contributed by atoms with E-state index in [4.69, 9.17) is 0 Å². The van der Waals surface area contributed by atoms with Gasteiger partial charge in [0.05, 0.1) is 0 Å². The number of hydrogen-bond acceptors (Lipinski definition) is 4. The van der Waals surface area contributed by atoms with Gasteiger partial charge in [-0.25, -0.2) is 9.55 Å². The summed E-state index contributed by atoms with van der Waals surface area (Å²) in [6, 6.07) is 3.67. The zero-order valence-electron chi connectivity index (χ0n) is 8.33. The molecule has 2 aromatic heterocycles. The summed E-state index contributed by atoms with van der Waals surface area (Å²) < 4.78 is 1.43. The molecule has 16 heavy (non-hydrogen) atoms. The van der Waals surface area contributed by atoms with Gasteiger partial charge < -0.3 is 15.4 Å². The van der Waals surface area contributed by atoms with E-state index >= 15 is 0 Å². The largest absolute Gasteiger partial charge is 0.436 e. The highest BCUT2D eigenvalue weighted by atomic mass is 16.6. The Morgan fingerprint density at radius 2 is 2.25 bits per heavy atom. The van der Waals surface area contributed by atoms with Gasteiger partial charge in [0.1, 0.15) is 19.1 Å². The van der Waals surface area contributed by atoms with Crippen LogP contribution in [-0.2, 0) is 6.67 Å². The van der Waals surface area contributed by atoms with E-state index in [0.29, 0.717) is 6.67 Å². The van der Waals surface area contributed by atoms with Crippen molar-refractivity contribution in [3.63, 3.8) is 0 Å². The summed E-state index contributed by atoms with van der Waals surface area (Å²) in [5.41, 5.74) is 0.877. The van der Waals surface area contributed by atoms with Crippen LogP contribution in [0.2, 0.25) is 0 Å². The van der Waals surface area contributed by atoms with Crippen LogP contribution < -0.4 is 10.3 Å². The van der Waals surface area contributed by atoms with Crippen molar-refractivity contribution in [2.45, 2.75) is 6.67 Å². The Hall–Kier alpha value is -2.44. The molecular formula is C9H10N5O2+. The van der Waals surface area contributed by atoms with Gasteiger partial charge in [0.15, 0.2) is 12.4 Å². The summed E-state index contributed by atoms with van der Waals surface area (Å²) >= 11 is 0. The van der Waals surface area contributed by atoms with Crippen LogP contribution >= 0.6 is 0 Å². The van der Waals surface area contributed by atoms with E-state index in [1.165, 1.54) is 10.8 Å². The van der Waals surface area contributed by atoms with Crippen LogP contribution in [0.15, 0.2) is 36.9 Å². The van der Waals surface area contributed by atoms with E-state index in [9.17, 15) is 10.1 Å². The maximum Gasteiger partial charge on any atom is 0.436 e. The van der Waals surface area contributed by atoms with E-state index < -0.39 is 4.92 Å². The molecule has 0 radical (unpaired) electrons. The summed E-state index contributed by atoms with van der Waals surface area (Å²) in [6.07, 6.45) is 6.49. The van der Waals surface area contributed by atoms with Gasteiger partial charge in [-0.1, -0.05) is 4.98 Å². The molecule has 7 heteroatoms. The molecule has 7 nitrogen and oxygen atoms in total. The summed E-state index contributed by atoms with van der Waals surface area (Å²) in [6.45, 7) is 0.306. The smallest absolute Gasteiger partial charge is 0.390 e. The van der Waals surface area contributed by atoms with Gasteiger partial charge in [-0.05, 0) is 4.92 Å². The lowest BCUT2D eigenvalue weighted by Gasteiger charge is -2.03. The lowest BCUT2D eigenvalue weighted by molar-refractivity contribution is -0.396. The number of pyridine rings is 1. The van der Waals surface area contributed by atoms with E-state index in [-0.39, 0.29) is 5.95 Å². The van der Waals surface area contributed by atoms with Crippen LogP contribution in [-0.4, -0.2) is 14.5 Å². The molecule has 0 aliphatic carbocycles. The van der Waals surface area contributed by atoms with Gasteiger partial charge >= 0.3 is 5.95 Å². The van der Waals surface area contributed by atoms with Crippen molar-refractivity contribution in [3.8, 4) is 0 Å². The third-order valence-electron chi connectivity index (χ3n) is 2.03. The van der Waals surface area contributed by atoms with Gasteiger partial charge in [0, 0.05) is 17.8 Å². The van der Waals surface area contributed by atoms with Crippen LogP contribution in [0.5, 0.6) is 0 Å². The molecule has 0 spiro atoms. The Balaban J connectivity index is 2.05. The van der Waals surface area contributed by atoms with Crippen LogP contribution in [0.1, 0.15) is 0 Å². The van der Waals surface area contributed by atoms with Crippen molar-refractivity contribution < 1.29 is 9.91 Å². The average molecular weight is 220 g/mol. The number of aromatic nitrogens is 3. The van der Waals surface area contributed by atoms with Crippen molar-refractivity contribution in [1.29, 1.82) is 0 Å². The van der Waals surface area contributed by atoms with Gasteiger partial charge in [-0.3, -0.25) is 0 Å². The lowest BCUT2D eigenvalue weighted by atomic mass is 10.4. The third-order valence-corrected chi connectivity index (χ3v) is 2.03. The Labute approximate surface area is 90.9 Å². The first kappa shape index (κ1) is 10.1. The molecule has 0 bridgehead atoms. The first-order valence-corrected chi connectivity index (χ1v) is 4.63. The number of imidazole rings is 1. The minimum Gasteiger partial charge on any atom is -0.390 e. The van der Waals surface area contributed by atoms with E-state index in [1.54, 1.807) is 18.6 Å². The predicted octanol–water partition coefficient (Wildman–Crippen LogP) is 0.675. The average Bonchev–Trinajstić information content (AvgIpc) is 2.76. The molecule has 0 amide bonds. The first-order chi connectivity index (χ1) is 7.77. The van der Waals surface area contributed by atoms with Gasteiger partial charge in [0.25, 0.3) is 0 Å². The molecule has 0 unspecified atom stereocenters. The number of rotatable bonds is 4. The number of nitro groups is 1. The molecular weight excluding hydrogens is 210 g/mol. The van der Waals surface area contributed by atoms with Crippen molar-refractivity contribution >= 4 is 11.6 Å². The summed E-state index contributed by atoms with van der Waals surface area (Å²) in [7, 11) is 0. The fourth-order valence-corrected chi connectivity index (χ4v) is 1.28. The Kier molecular flexibility index (Phi) is 2.77. The van der Waals surface area contributed by atoms with Gasteiger partial charge in [0.2, 0.25) is 0 Å². The monoisotopic (exact) mass is 220 g/mol. The number of nitrogens with zero attached hydrogens (tertiary/aromatic N) is 3. The molecule has 2 N–H and O–H groups in total. The molecule has 82 valence electrons. The predicted molar refractivity (Wildman–Crippen MR) is 55.5 cm³/mol. The number of anilines is 1. The Morgan fingerprint density at radius 3 is 2.94 bits per heavy atom. The minimum absolute atomic E-state index is 0.171. The second-order valence-corrected chi connectivity index (χ2v) is 3.08. The Morgan fingerprint density at radius 1 is 1.50 bits per heavy atom. The third kappa shape index (κ3) is 2.14. The van der Waals surface area contributed by atoms with Crippen molar-refractivity contribution in [2.24, 2.45) is 0 Å². The fourth-order valence-electron chi connectivity index (χ4n) is 1.28. The SMILES string of the molecule is O=[N+]([O-])c1nccn1CNc1cc[nH+]cc1. The normalized spacial score (nSPS) is 10.0. The van der Waals surface area contributed by atoms with Crippen molar-refractivity contribution in [1.82, 2.24) is 9.55 Å². The van der Waals surface area contributed by atoms with E-state index in [0.717, 1.165) is 5.69 Å². The Bertz CT molecular complexity index is 482. The topological polar surface area (TPSA) is 87.1 Å². The molecule has 2 rings (SSSR count). The highest BCUT2D eigenvalue weighted by Gasteiger charge is 2.12. The molecule has 0 aliphatic rings. The molecule has 0 fully saturated rings. The lowest BCUT2D eigenvalue weighted by Crippen LogP contribution is -2.10. The van der Waals surface area contributed by atoms with Crippen LogP contribution in [0.25, 0.3) is 0 Å². The second kappa shape index (κ2) is 4.39. The van der Waals surface area contributed by atoms with Gasteiger partial charge in [-0.15, -0.1) is 0 Å². The van der Waals surface area contributed by atoms with E-state index in [2.05, 4.69) is 15.3 Å². The maximum atomic E-state index is 10.6. The summed E-state index contributed by atoms with van der Waals surface area (Å²) in [4.78, 5) is 16.6. The van der Waals surface area contributed by atoms with Crippen LogP contribution in [0.4, 0.5) is 11.6 Å². The zero-order chi connectivity index (χ0) is 11.4. The summed E-state index contributed by atoms with van der Waals surface area (Å²) in [5, 5.41) is 13.6. The molecule has 2 aromatic rings. The van der Waals surface area contributed by atoms with Gasteiger partial charge in [-0.2, -0.15) is 0 Å². The number of H-pyrrole nitrogens is 1. The number of hydrogen-bond donors (Lipinski definition) is 1. The quantitative estimate of drug-likeness (QED) is 0.606. The van der Waals surface area contributed by atoms with Crippen LogP contribution in [0, 0.1) is 10.1 Å². The highest BCUT2D eigenvalue weighted by Crippen LogP contribution is 2.08. The minimum atomic E-state index is -0.513. The first-order valence-electron chi connectivity index (χ1n) is 4.63. The molecule has 0 atom stereocenters. The molecule has 0 saturated heterocycles. The highest BCUT2D eigenvalue weighted by molar-refractivity contribution is 5.39. The molecule has 0 aliphatic heterocycles. The van der Waals surface area contributed by atoms with Crippen molar-refractivity contribution in [2.75, 3.05) is 5.32 Å². The van der Waals surface area contributed by atoms with E-state index in [1.807, 2.05) is 12.1 Å². The summed E-state index contributed by atoms with van der Waals surface area (Å²) in [5.74, 6) is -0.171. The standard InChI is InChI=1S/C9H9N5O2/c15-14(16)9-11-5-6-13(9)7-12-8-1-3-10-4-2-8/h1-6H,7H2,(H,10,12)/p+1. The fraction of sp³-hybridized carbons (Fsp3) is 0.111. The molecule has 0 saturated carbocycles. The van der Waals surface area contributed by atoms with Crippen molar-refractivity contribution in [3.05, 3.63) is 47.0 Å². The second-order valence-electron chi connectivity index (χ2n) is 3.08. The number of aromatic amines is 1. The van der Waals surface area contributed by atoms with Crippen LogP contribution in [0.3, 0.4) is 0 Å². The molecule has 0 aromatic carbocycles. The number of nitrogens with one attached hydrogen (secondary N) is 2.